The predicted octanol–water partition coefficient (Wildman–Crippen LogP) is 2.73. The van der Waals surface area contributed by atoms with Crippen molar-refractivity contribution in [2.75, 3.05) is 6.54 Å². The maximum absolute atomic E-state index is 5.73. The van der Waals surface area contributed by atoms with Gasteiger partial charge in [-0.2, -0.15) is 0 Å². The Labute approximate surface area is 120 Å². The second-order valence-corrected chi connectivity index (χ2v) is 4.93. The molecule has 0 spiro atoms. The van der Waals surface area contributed by atoms with Crippen LogP contribution in [0.4, 0.5) is 0 Å². The average Bonchev–Trinajstić information content (AvgIpc) is 3.25. The normalized spacial score (nSPS) is 22.4. The Morgan fingerprint density at radius 3 is 2.80 bits per heavy atom. The van der Waals surface area contributed by atoms with Gasteiger partial charge in [-0.15, -0.1) is 0 Å². The Balaban J connectivity index is 1.80. The molecule has 3 nitrogen and oxygen atoms in total. The van der Waals surface area contributed by atoms with Crippen LogP contribution >= 0.6 is 0 Å². The molecule has 0 bridgehead atoms. The minimum Gasteiger partial charge on any atom is -0.383 e. The van der Waals surface area contributed by atoms with E-state index in [0.29, 0.717) is 24.3 Å². The largest absolute Gasteiger partial charge is 0.383 e. The van der Waals surface area contributed by atoms with Crippen LogP contribution < -0.4 is 11.1 Å². The van der Waals surface area contributed by atoms with Gasteiger partial charge in [0.25, 0.3) is 0 Å². The summed E-state index contributed by atoms with van der Waals surface area (Å²) in [6.45, 7) is 7.86. The van der Waals surface area contributed by atoms with Crippen LogP contribution in [0.25, 0.3) is 6.08 Å². The van der Waals surface area contributed by atoms with Crippen LogP contribution in [0, 0.1) is 5.92 Å². The van der Waals surface area contributed by atoms with Crippen molar-refractivity contribution in [1.82, 2.24) is 5.32 Å². The Morgan fingerprint density at radius 2 is 2.15 bits per heavy atom. The standard InChI is InChI=1S/C17H21N3/c1-3-14(17(18)19-2)12-20-16-11-15(16)10-9-13-7-5-4-6-8-13/h3-10,15-16,20H,1-2,11-12,18H2/b10-9+,17-14+. The fourth-order valence-electron chi connectivity index (χ4n) is 2.07. The third-order valence-corrected chi connectivity index (χ3v) is 3.48. The minimum absolute atomic E-state index is 0.449. The molecule has 0 aliphatic heterocycles. The molecule has 0 aromatic heterocycles. The zero-order chi connectivity index (χ0) is 14.4. The summed E-state index contributed by atoms with van der Waals surface area (Å²) in [7, 11) is 0. The minimum atomic E-state index is 0.449. The van der Waals surface area contributed by atoms with E-state index in [-0.39, 0.29) is 0 Å². The monoisotopic (exact) mass is 267 g/mol. The third kappa shape index (κ3) is 3.93. The maximum atomic E-state index is 5.73. The summed E-state index contributed by atoms with van der Waals surface area (Å²) in [6, 6.07) is 10.9. The Kier molecular flexibility index (Phi) is 4.91. The molecule has 1 aliphatic rings. The van der Waals surface area contributed by atoms with Crippen LogP contribution in [0.1, 0.15) is 12.0 Å². The van der Waals surface area contributed by atoms with Gasteiger partial charge in [0.1, 0.15) is 5.82 Å². The topological polar surface area (TPSA) is 50.4 Å². The molecule has 1 aromatic carbocycles. The molecule has 0 saturated heterocycles. The highest BCUT2D eigenvalue weighted by atomic mass is 15.0. The molecule has 3 heteroatoms. The second-order valence-electron chi connectivity index (χ2n) is 4.93. The Hall–Kier alpha value is -2.13. The summed E-state index contributed by atoms with van der Waals surface area (Å²) in [5, 5.41) is 3.46. The molecule has 2 unspecified atom stereocenters. The molecule has 1 aromatic rings. The van der Waals surface area contributed by atoms with Gasteiger partial charge in [0.05, 0.1) is 0 Å². The van der Waals surface area contributed by atoms with Gasteiger partial charge in [0, 0.05) is 18.2 Å². The molecular formula is C17H21N3. The van der Waals surface area contributed by atoms with Gasteiger partial charge in [0.15, 0.2) is 0 Å². The lowest BCUT2D eigenvalue weighted by Crippen LogP contribution is -2.22. The van der Waals surface area contributed by atoms with Crippen LogP contribution in [0.3, 0.4) is 0 Å². The zero-order valence-electron chi connectivity index (χ0n) is 11.6. The summed E-state index contributed by atoms with van der Waals surface area (Å²) in [5.41, 5.74) is 7.87. The van der Waals surface area contributed by atoms with E-state index in [4.69, 9.17) is 5.73 Å². The van der Waals surface area contributed by atoms with E-state index in [9.17, 15) is 0 Å². The van der Waals surface area contributed by atoms with Crippen LogP contribution in [-0.2, 0) is 0 Å². The molecule has 104 valence electrons. The Morgan fingerprint density at radius 1 is 1.40 bits per heavy atom. The third-order valence-electron chi connectivity index (χ3n) is 3.48. The molecule has 3 N–H and O–H groups in total. The lowest BCUT2D eigenvalue weighted by atomic mass is 10.2. The smallest absolute Gasteiger partial charge is 0.127 e. The number of rotatable bonds is 7. The van der Waals surface area contributed by atoms with Crippen molar-refractivity contribution in [1.29, 1.82) is 0 Å². The number of benzene rings is 1. The highest BCUT2D eigenvalue weighted by Crippen LogP contribution is 2.32. The second kappa shape index (κ2) is 6.87. The van der Waals surface area contributed by atoms with E-state index in [1.165, 1.54) is 5.56 Å². The fraction of sp³-hybridized carbons (Fsp3) is 0.235. The quantitative estimate of drug-likeness (QED) is 0.589. The van der Waals surface area contributed by atoms with Gasteiger partial charge in [-0.1, -0.05) is 55.1 Å². The fourth-order valence-corrected chi connectivity index (χ4v) is 2.07. The van der Waals surface area contributed by atoms with Crippen molar-refractivity contribution in [3.63, 3.8) is 0 Å². The molecule has 0 amide bonds. The molecule has 20 heavy (non-hydrogen) atoms. The molecule has 0 heterocycles. The van der Waals surface area contributed by atoms with Crippen molar-refractivity contribution in [2.45, 2.75) is 12.5 Å². The van der Waals surface area contributed by atoms with E-state index in [1.54, 1.807) is 6.08 Å². The molecule has 2 rings (SSSR count). The van der Waals surface area contributed by atoms with E-state index in [2.05, 4.69) is 60.0 Å². The van der Waals surface area contributed by atoms with Gasteiger partial charge < -0.3 is 11.1 Å². The summed E-state index contributed by atoms with van der Waals surface area (Å²) in [5.74, 6) is 1.05. The molecular weight excluding hydrogens is 246 g/mol. The van der Waals surface area contributed by atoms with E-state index >= 15 is 0 Å². The molecule has 1 fully saturated rings. The van der Waals surface area contributed by atoms with Crippen LogP contribution in [-0.4, -0.2) is 19.3 Å². The van der Waals surface area contributed by atoms with Crippen molar-refractivity contribution >= 4 is 12.8 Å². The van der Waals surface area contributed by atoms with Gasteiger partial charge in [-0.25, -0.2) is 4.99 Å². The summed E-state index contributed by atoms with van der Waals surface area (Å²) in [4.78, 5) is 3.74. The van der Waals surface area contributed by atoms with Crippen molar-refractivity contribution in [3.05, 3.63) is 66.0 Å². The average molecular weight is 267 g/mol. The molecule has 0 radical (unpaired) electrons. The van der Waals surface area contributed by atoms with Crippen molar-refractivity contribution in [3.8, 4) is 0 Å². The van der Waals surface area contributed by atoms with E-state index in [1.807, 2.05) is 6.07 Å². The van der Waals surface area contributed by atoms with Crippen LogP contribution in [0.5, 0.6) is 0 Å². The molecule has 1 aliphatic carbocycles. The number of hydrogen-bond donors (Lipinski definition) is 2. The molecule has 1 saturated carbocycles. The van der Waals surface area contributed by atoms with E-state index < -0.39 is 0 Å². The molecule has 2 atom stereocenters. The number of nitrogens with two attached hydrogens (primary N) is 1. The van der Waals surface area contributed by atoms with Gasteiger partial charge in [-0.3, -0.25) is 0 Å². The summed E-state index contributed by atoms with van der Waals surface area (Å²) < 4.78 is 0. The maximum Gasteiger partial charge on any atom is 0.127 e. The summed E-state index contributed by atoms with van der Waals surface area (Å²) in [6.07, 6.45) is 7.33. The first-order chi connectivity index (χ1) is 9.74. The van der Waals surface area contributed by atoms with Crippen LogP contribution in [0.15, 0.2) is 65.4 Å². The van der Waals surface area contributed by atoms with Gasteiger partial charge in [0.2, 0.25) is 0 Å². The van der Waals surface area contributed by atoms with Crippen molar-refractivity contribution < 1.29 is 0 Å². The van der Waals surface area contributed by atoms with Crippen molar-refractivity contribution in [2.24, 2.45) is 16.6 Å². The highest BCUT2D eigenvalue weighted by molar-refractivity contribution is 5.49. The SMILES string of the molecule is C=C/C(CNC1CC1/C=C/c1ccccc1)=C(/N)N=C. The van der Waals surface area contributed by atoms with Crippen LogP contribution in [0.2, 0.25) is 0 Å². The first kappa shape index (κ1) is 14.3. The summed E-state index contributed by atoms with van der Waals surface area (Å²) >= 11 is 0. The number of hydrogen-bond acceptors (Lipinski definition) is 3. The number of aliphatic imine (C=N–C) groups is 1. The first-order valence-corrected chi connectivity index (χ1v) is 6.79. The Bertz CT molecular complexity index is 528. The highest BCUT2D eigenvalue weighted by Gasteiger charge is 2.34. The number of nitrogens with one attached hydrogen (secondary N) is 1. The van der Waals surface area contributed by atoms with E-state index in [0.717, 1.165) is 12.0 Å². The first-order valence-electron chi connectivity index (χ1n) is 6.79. The lowest BCUT2D eigenvalue weighted by molar-refractivity contribution is 0.711. The predicted molar refractivity (Wildman–Crippen MR) is 86.3 cm³/mol. The van der Waals surface area contributed by atoms with Gasteiger partial charge in [-0.05, 0) is 24.6 Å². The lowest BCUT2D eigenvalue weighted by Gasteiger charge is -2.05. The zero-order valence-corrected chi connectivity index (χ0v) is 11.6. The number of nitrogens with zero attached hydrogens (tertiary/aromatic N) is 1. The van der Waals surface area contributed by atoms with Gasteiger partial charge >= 0.3 is 0 Å².